The van der Waals surface area contributed by atoms with Crippen molar-refractivity contribution in [1.29, 1.82) is 0 Å². The number of carboxylic acids is 1. The van der Waals surface area contributed by atoms with Crippen molar-refractivity contribution in [2.24, 2.45) is 0 Å². The molecule has 1 aromatic carbocycles. The molecule has 0 atom stereocenters. The number of aromatic carboxylic acids is 1. The Labute approximate surface area is 122 Å². The van der Waals surface area contributed by atoms with Crippen LogP contribution in [-0.4, -0.2) is 42.3 Å². The number of anilines is 1. The Morgan fingerprint density at radius 3 is 2.57 bits per heavy atom. The number of hydrogen-bond acceptors (Lipinski definition) is 4. The summed E-state index contributed by atoms with van der Waals surface area (Å²) in [5, 5.41) is 13.6. The molecule has 0 bridgehead atoms. The summed E-state index contributed by atoms with van der Waals surface area (Å²) in [5.41, 5.74) is 2.94. The number of benzene rings is 1. The number of carbonyl (C=O) groups excluding carboxylic acids is 1. The number of rotatable bonds is 4. The number of nitrogens with one attached hydrogen (secondary N) is 2. The van der Waals surface area contributed by atoms with Gasteiger partial charge in [0.1, 0.15) is 5.75 Å². The summed E-state index contributed by atoms with van der Waals surface area (Å²) in [7, 11) is 1.46. The molecular formula is C14H19N3O4. The first-order chi connectivity index (χ1) is 10.1. The average Bonchev–Trinajstić information content (AvgIpc) is 2.48. The molecule has 114 valence electrons. The molecule has 21 heavy (non-hydrogen) atoms. The van der Waals surface area contributed by atoms with E-state index in [1.165, 1.54) is 25.7 Å². The normalized spacial score (nSPS) is 15.3. The minimum Gasteiger partial charge on any atom is -0.497 e. The molecule has 0 aromatic heterocycles. The number of ether oxygens (including phenoxy) is 1. The third-order valence-corrected chi connectivity index (χ3v) is 3.32. The van der Waals surface area contributed by atoms with Gasteiger partial charge in [0.05, 0.1) is 18.4 Å². The maximum Gasteiger partial charge on any atom is 0.337 e. The quantitative estimate of drug-likeness (QED) is 0.789. The third-order valence-electron chi connectivity index (χ3n) is 3.32. The molecule has 1 saturated heterocycles. The number of nitrogens with zero attached hydrogens (tertiary/aromatic N) is 1. The highest BCUT2D eigenvalue weighted by Gasteiger charge is 2.16. The van der Waals surface area contributed by atoms with E-state index in [4.69, 9.17) is 4.74 Å². The van der Waals surface area contributed by atoms with E-state index in [-0.39, 0.29) is 11.3 Å². The minimum absolute atomic E-state index is 0.0110. The van der Waals surface area contributed by atoms with Crippen LogP contribution in [0.4, 0.5) is 10.5 Å². The lowest BCUT2D eigenvalue weighted by molar-refractivity contribution is 0.0697. The fourth-order valence-electron chi connectivity index (χ4n) is 2.24. The number of piperidine rings is 1. The van der Waals surface area contributed by atoms with E-state index in [1.54, 1.807) is 6.07 Å². The van der Waals surface area contributed by atoms with Gasteiger partial charge in [-0.05, 0) is 31.0 Å². The van der Waals surface area contributed by atoms with Gasteiger partial charge in [-0.1, -0.05) is 6.42 Å². The van der Waals surface area contributed by atoms with E-state index in [0.29, 0.717) is 5.75 Å². The van der Waals surface area contributed by atoms with Crippen molar-refractivity contribution in [2.45, 2.75) is 19.3 Å². The van der Waals surface area contributed by atoms with Gasteiger partial charge in [-0.15, -0.1) is 0 Å². The summed E-state index contributed by atoms with van der Waals surface area (Å²) >= 11 is 0. The fourth-order valence-corrected chi connectivity index (χ4v) is 2.24. The first-order valence-electron chi connectivity index (χ1n) is 6.84. The van der Waals surface area contributed by atoms with Crippen molar-refractivity contribution < 1.29 is 19.4 Å². The zero-order chi connectivity index (χ0) is 15.2. The molecule has 7 nitrogen and oxygen atoms in total. The molecule has 1 heterocycles. The Balaban J connectivity index is 2.04. The number of carbonyl (C=O) groups is 2. The summed E-state index contributed by atoms with van der Waals surface area (Å²) in [4.78, 5) is 23.1. The van der Waals surface area contributed by atoms with Gasteiger partial charge in [-0.25, -0.2) is 14.6 Å². The molecule has 2 amide bonds. The fraction of sp³-hybridized carbons (Fsp3) is 0.429. The molecule has 3 N–H and O–H groups in total. The molecule has 0 saturated carbocycles. The third kappa shape index (κ3) is 4.09. The minimum atomic E-state index is -1.12. The molecule has 2 rings (SSSR count). The Morgan fingerprint density at radius 2 is 1.95 bits per heavy atom. The lowest BCUT2D eigenvalue weighted by Gasteiger charge is -2.26. The first kappa shape index (κ1) is 15.1. The second-order valence-electron chi connectivity index (χ2n) is 4.83. The molecular weight excluding hydrogens is 274 g/mol. The van der Waals surface area contributed by atoms with Crippen LogP contribution in [0.5, 0.6) is 5.75 Å². The number of urea groups is 1. The predicted octanol–water partition coefficient (Wildman–Crippen LogP) is 1.92. The van der Waals surface area contributed by atoms with Crippen LogP contribution in [0.3, 0.4) is 0 Å². The van der Waals surface area contributed by atoms with Gasteiger partial charge in [0, 0.05) is 13.1 Å². The Bertz CT molecular complexity index is 527. The molecule has 1 aromatic rings. The van der Waals surface area contributed by atoms with Crippen LogP contribution in [0, 0.1) is 0 Å². The van der Waals surface area contributed by atoms with Gasteiger partial charge in [0.2, 0.25) is 0 Å². The molecule has 0 spiro atoms. The van der Waals surface area contributed by atoms with Crippen LogP contribution < -0.4 is 15.5 Å². The van der Waals surface area contributed by atoms with Crippen LogP contribution in [0.15, 0.2) is 18.2 Å². The molecule has 1 aliphatic rings. The summed E-state index contributed by atoms with van der Waals surface area (Å²) in [6.45, 7) is 1.61. The van der Waals surface area contributed by atoms with Crippen molar-refractivity contribution in [3.63, 3.8) is 0 Å². The van der Waals surface area contributed by atoms with Crippen molar-refractivity contribution in [3.05, 3.63) is 23.8 Å². The summed E-state index contributed by atoms with van der Waals surface area (Å²) in [6, 6.07) is 4.05. The predicted molar refractivity (Wildman–Crippen MR) is 77.5 cm³/mol. The molecule has 0 unspecified atom stereocenters. The molecule has 1 fully saturated rings. The van der Waals surface area contributed by atoms with E-state index in [1.807, 2.05) is 5.01 Å². The Morgan fingerprint density at radius 1 is 1.24 bits per heavy atom. The lowest BCUT2D eigenvalue weighted by atomic mass is 10.1. The number of amides is 2. The van der Waals surface area contributed by atoms with Crippen LogP contribution in [0.25, 0.3) is 0 Å². The van der Waals surface area contributed by atoms with Gasteiger partial charge in [-0.3, -0.25) is 5.43 Å². The Hall–Kier alpha value is -2.28. The summed E-state index contributed by atoms with van der Waals surface area (Å²) < 4.78 is 4.99. The maximum atomic E-state index is 11.9. The number of hydrazine groups is 1. The van der Waals surface area contributed by atoms with Crippen molar-refractivity contribution in [2.75, 3.05) is 25.5 Å². The van der Waals surface area contributed by atoms with Gasteiger partial charge in [0.25, 0.3) is 0 Å². The molecule has 0 aliphatic carbocycles. The number of methoxy groups -OCH3 is 1. The highest BCUT2D eigenvalue weighted by atomic mass is 16.5. The SMILES string of the molecule is COc1ccc(NC(=O)NN2CCCCC2)c(C(=O)O)c1. The Kier molecular flexibility index (Phi) is 4.99. The molecule has 1 aliphatic heterocycles. The van der Waals surface area contributed by atoms with Crippen molar-refractivity contribution >= 4 is 17.7 Å². The largest absolute Gasteiger partial charge is 0.497 e. The van der Waals surface area contributed by atoms with Crippen molar-refractivity contribution in [1.82, 2.24) is 10.4 Å². The van der Waals surface area contributed by atoms with Gasteiger partial charge in [-0.2, -0.15) is 0 Å². The van der Waals surface area contributed by atoms with E-state index in [9.17, 15) is 14.7 Å². The van der Waals surface area contributed by atoms with Gasteiger partial charge < -0.3 is 15.2 Å². The van der Waals surface area contributed by atoms with Crippen LogP contribution >= 0.6 is 0 Å². The zero-order valence-electron chi connectivity index (χ0n) is 11.9. The van der Waals surface area contributed by atoms with E-state index in [2.05, 4.69) is 10.7 Å². The molecule has 7 heteroatoms. The van der Waals surface area contributed by atoms with Crippen molar-refractivity contribution in [3.8, 4) is 5.75 Å². The average molecular weight is 293 g/mol. The van der Waals surface area contributed by atoms with Gasteiger partial charge in [0.15, 0.2) is 0 Å². The first-order valence-corrected chi connectivity index (χ1v) is 6.84. The number of carboxylic acid groups (broad SMARTS) is 1. The van der Waals surface area contributed by atoms with E-state index in [0.717, 1.165) is 25.9 Å². The zero-order valence-corrected chi connectivity index (χ0v) is 11.9. The van der Waals surface area contributed by atoms with Crippen LogP contribution in [0.1, 0.15) is 29.6 Å². The monoisotopic (exact) mass is 293 g/mol. The highest BCUT2D eigenvalue weighted by molar-refractivity contribution is 6.00. The summed E-state index contributed by atoms with van der Waals surface area (Å²) in [5.74, 6) is -0.698. The standard InChI is InChI=1S/C14H19N3O4/c1-21-10-5-6-12(11(9-10)13(18)19)15-14(20)16-17-7-3-2-4-8-17/h5-6,9H,2-4,7-8H2,1H3,(H,18,19)(H2,15,16,20). The number of hydrogen-bond donors (Lipinski definition) is 3. The maximum absolute atomic E-state index is 11.9. The van der Waals surface area contributed by atoms with E-state index < -0.39 is 12.0 Å². The summed E-state index contributed by atoms with van der Waals surface area (Å²) in [6.07, 6.45) is 3.26. The topological polar surface area (TPSA) is 90.9 Å². The smallest absolute Gasteiger partial charge is 0.337 e. The van der Waals surface area contributed by atoms with E-state index >= 15 is 0 Å². The van der Waals surface area contributed by atoms with Gasteiger partial charge >= 0.3 is 12.0 Å². The second kappa shape index (κ2) is 6.94. The van der Waals surface area contributed by atoms with Crippen LogP contribution in [0.2, 0.25) is 0 Å². The highest BCUT2D eigenvalue weighted by Crippen LogP contribution is 2.22. The lowest BCUT2D eigenvalue weighted by Crippen LogP contribution is -2.46. The molecule has 0 radical (unpaired) electrons. The second-order valence-corrected chi connectivity index (χ2v) is 4.83. The van der Waals surface area contributed by atoms with Crippen LogP contribution in [-0.2, 0) is 0 Å².